The van der Waals surface area contributed by atoms with Crippen LogP contribution in [0, 0.1) is 10.1 Å². The number of carbonyl (C=O) groups excluding carboxylic acids is 2. The lowest BCUT2D eigenvalue weighted by Gasteiger charge is -2.06. The summed E-state index contributed by atoms with van der Waals surface area (Å²) in [5.41, 5.74) is -0.553. The van der Waals surface area contributed by atoms with E-state index >= 15 is 0 Å². The predicted molar refractivity (Wildman–Crippen MR) is 71.7 cm³/mol. The highest BCUT2D eigenvalue weighted by molar-refractivity contribution is 6.31. The van der Waals surface area contributed by atoms with Crippen molar-refractivity contribution in [1.29, 1.82) is 0 Å². The number of hydrogen-bond acceptors (Lipinski definition) is 5. The van der Waals surface area contributed by atoms with Crippen molar-refractivity contribution in [3.05, 3.63) is 38.9 Å². The molecule has 0 heterocycles. The number of nitro benzene ring substituents is 1. The highest BCUT2D eigenvalue weighted by Crippen LogP contribution is 2.23. The van der Waals surface area contributed by atoms with Gasteiger partial charge in [-0.05, 0) is 18.6 Å². The van der Waals surface area contributed by atoms with Gasteiger partial charge in [-0.2, -0.15) is 0 Å². The molecule has 0 aliphatic carbocycles. The quantitative estimate of drug-likeness (QED) is 0.374. The maximum atomic E-state index is 11.7. The van der Waals surface area contributed by atoms with Gasteiger partial charge in [-0.3, -0.25) is 14.9 Å². The van der Waals surface area contributed by atoms with Crippen molar-refractivity contribution in [2.45, 2.75) is 13.3 Å². The molecular weight excluding hydrogens is 288 g/mol. The molecular formula is C12H13ClN2O5. The summed E-state index contributed by atoms with van der Waals surface area (Å²) in [6.45, 7) is 1.80. The first kappa shape index (κ1) is 15.9. The largest absolute Gasteiger partial charge is 0.462 e. The van der Waals surface area contributed by atoms with Crippen LogP contribution in [0.3, 0.4) is 0 Å². The molecule has 0 radical (unpaired) electrons. The van der Waals surface area contributed by atoms with Gasteiger partial charge in [0, 0.05) is 24.6 Å². The highest BCUT2D eigenvalue weighted by atomic mass is 35.5. The Bertz CT molecular complexity index is 533. The van der Waals surface area contributed by atoms with Crippen molar-refractivity contribution in [2.75, 3.05) is 13.2 Å². The van der Waals surface area contributed by atoms with E-state index < -0.39 is 16.6 Å². The number of halogens is 1. The number of nitrogens with one attached hydrogen (secondary N) is 1. The molecule has 20 heavy (non-hydrogen) atoms. The molecule has 0 saturated carbocycles. The van der Waals surface area contributed by atoms with E-state index in [9.17, 15) is 19.7 Å². The second-order valence-corrected chi connectivity index (χ2v) is 4.33. The van der Waals surface area contributed by atoms with Crippen molar-refractivity contribution in [3.63, 3.8) is 0 Å². The van der Waals surface area contributed by atoms with Crippen LogP contribution in [0.1, 0.15) is 23.7 Å². The van der Waals surface area contributed by atoms with E-state index in [1.54, 1.807) is 0 Å². The molecule has 0 aliphatic rings. The van der Waals surface area contributed by atoms with Gasteiger partial charge in [0.05, 0.1) is 11.5 Å². The number of amides is 1. The van der Waals surface area contributed by atoms with Gasteiger partial charge < -0.3 is 10.1 Å². The van der Waals surface area contributed by atoms with Crippen LogP contribution in [0.4, 0.5) is 5.69 Å². The van der Waals surface area contributed by atoms with Crippen molar-refractivity contribution in [3.8, 4) is 0 Å². The van der Waals surface area contributed by atoms with Crippen LogP contribution in [0.5, 0.6) is 0 Å². The normalized spacial score (nSPS) is 9.90. The molecule has 0 saturated heterocycles. The molecule has 108 valence electrons. The van der Waals surface area contributed by atoms with Crippen molar-refractivity contribution in [1.82, 2.24) is 5.32 Å². The number of nitro groups is 1. The van der Waals surface area contributed by atoms with Gasteiger partial charge in [-0.1, -0.05) is 11.6 Å². The molecule has 1 amide bonds. The summed E-state index contributed by atoms with van der Waals surface area (Å²) in [5.74, 6) is -0.971. The van der Waals surface area contributed by atoms with Gasteiger partial charge in [0.15, 0.2) is 0 Å². The second-order valence-electron chi connectivity index (χ2n) is 3.89. The van der Waals surface area contributed by atoms with Gasteiger partial charge in [0.25, 0.3) is 5.69 Å². The average Bonchev–Trinajstić information content (AvgIpc) is 2.37. The van der Waals surface area contributed by atoms with E-state index in [2.05, 4.69) is 5.32 Å². The standard InChI is InChI=1S/C12H13ClN2O5/c1-8(16)14-5-2-6-20-12(17)10-4-3-9(13)7-11(10)15(18)19/h3-4,7H,2,5-6H2,1H3,(H,14,16). The molecule has 0 spiro atoms. The van der Waals surface area contributed by atoms with Gasteiger partial charge in [-0.15, -0.1) is 0 Å². The molecule has 7 nitrogen and oxygen atoms in total. The predicted octanol–water partition coefficient (Wildman–Crippen LogP) is 1.93. The maximum absolute atomic E-state index is 11.7. The van der Waals surface area contributed by atoms with E-state index in [0.717, 1.165) is 6.07 Å². The molecule has 0 bridgehead atoms. The highest BCUT2D eigenvalue weighted by Gasteiger charge is 2.21. The number of rotatable bonds is 6. The maximum Gasteiger partial charge on any atom is 0.345 e. The molecule has 0 atom stereocenters. The first-order valence-electron chi connectivity index (χ1n) is 5.77. The molecule has 0 fully saturated rings. The Morgan fingerprint density at radius 2 is 2.15 bits per heavy atom. The summed E-state index contributed by atoms with van der Waals surface area (Å²) in [6, 6.07) is 3.72. The zero-order chi connectivity index (χ0) is 15.1. The summed E-state index contributed by atoms with van der Waals surface area (Å²) in [6.07, 6.45) is 0.423. The molecule has 8 heteroatoms. The van der Waals surface area contributed by atoms with Gasteiger partial charge in [0.1, 0.15) is 5.56 Å². The van der Waals surface area contributed by atoms with Crippen molar-refractivity contribution < 1.29 is 19.2 Å². The number of esters is 1. The van der Waals surface area contributed by atoms with E-state index in [1.165, 1.54) is 19.1 Å². The van der Waals surface area contributed by atoms with Crippen LogP contribution in [0.2, 0.25) is 5.02 Å². The van der Waals surface area contributed by atoms with E-state index in [1.807, 2.05) is 0 Å². The number of ether oxygens (including phenoxy) is 1. The number of nitrogens with zero attached hydrogens (tertiary/aromatic N) is 1. The topological polar surface area (TPSA) is 98.5 Å². The van der Waals surface area contributed by atoms with Crippen LogP contribution in [0.25, 0.3) is 0 Å². The monoisotopic (exact) mass is 300 g/mol. The Morgan fingerprint density at radius 3 is 2.75 bits per heavy atom. The van der Waals surface area contributed by atoms with E-state index in [0.29, 0.717) is 13.0 Å². The van der Waals surface area contributed by atoms with Crippen LogP contribution < -0.4 is 5.32 Å². The fourth-order valence-electron chi connectivity index (χ4n) is 1.41. The zero-order valence-corrected chi connectivity index (χ0v) is 11.5. The van der Waals surface area contributed by atoms with Crippen LogP contribution in [-0.4, -0.2) is 30.0 Å². The summed E-state index contributed by atoms with van der Waals surface area (Å²) in [7, 11) is 0. The number of benzene rings is 1. The van der Waals surface area contributed by atoms with Crippen molar-refractivity contribution >= 4 is 29.2 Å². The van der Waals surface area contributed by atoms with Crippen molar-refractivity contribution in [2.24, 2.45) is 0 Å². The van der Waals surface area contributed by atoms with Gasteiger partial charge in [-0.25, -0.2) is 4.79 Å². The van der Waals surface area contributed by atoms with E-state index in [-0.39, 0.29) is 23.1 Å². The third-order valence-corrected chi connectivity index (χ3v) is 2.54. The lowest BCUT2D eigenvalue weighted by atomic mass is 10.2. The Hall–Kier alpha value is -2.15. The summed E-state index contributed by atoms with van der Waals surface area (Å²) >= 11 is 5.64. The first-order valence-corrected chi connectivity index (χ1v) is 6.15. The molecule has 0 aliphatic heterocycles. The zero-order valence-electron chi connectivity index (χ0n) is 10.7. The SMILES string of the molecule is CC(=O)NCCCOC(=O)c1ccc(Cl)cc1[N+](=O)[O-]. The average molecular weight is 301 g/mol. The Balaban J connectivity index is 2.59. The number of hydrogen-bond donors (Lipinski definition) is 1. The number of carbonyl (C=O) groups is 2. The fourth-order valence-corrected chi connectivity index (χ4v) is 1.57. The fraction of sp³-hybridized carbons (Fsp3) is 0.333. The van der Waals surface area contributed by atoms with Crippen LogP contribution >= 0.6 is 11.6 Å². The van der Waals surface area contributed by atoms with E-state index in [4.69, 9.17) is 16.3 Å². The molecule has 0 unspecified atom stereocenters. The third kappa shape index (κ3) is 4.85. The minimum atomic E-state index is -0.795. The minimum Gasteiger partial charge on any atom is -0.462 e. The lowest BCUT2D eigenvalue weighted by Crippen LogP contribution is -2.22. The van der Waals surface area contributed by atoms with Crippen LogP contribution in [0.15, 0.2) is 18.2 Å². The lowest BCUT2D eigenvalue weighted by molar-refractivity contribution is -0.385. The minimum absolute atomic E-state index is 0.0545. The Labute approximate surface area is 120 Å². The van der Waals surface area contributed by atoms with Gasteiger partial charge in [0.2, 0.25) is 5.91 Å². The van der Waals surface area contributed by atoms with Gasteiger partial charge >= 0.3 is 5.97 Å². The summed E-state index contributed by atoms with van der Waals surface area (Å²) in [5, 5.41) is 13.5. The summed E-state index contributed by atoms with van der Waals surface area (Å²) in [4.78, 5) is 32.5. The Morgan fingerprint density at radius 1 is 1.45 bits per heavy atom. The summed E-state index contributed by atoms with van der Waals surface area (Å²) < 4.78 is 4.90. The first-order chi connectivity index (χ1) is 9.41. The smallest absolute Gasteiger partial charge is 0.345 e. The van der Waals surface area contributed by atoms with Crippen LogP contribution in [-0.2, 0) is 9.53 Å². The third-order valence-electron chi connectivity index (χ3n) is 2.30. The molecule has 0 aromatic heterocycles. The second kappa shape index (κ2) is 7.44. The molecule has 1 aromatic carbocycles. The molecule has 1 aromatic rings. The molecule has 1 N–H and O–H groups in total. The molecule has 1 rings (SSSR count). The Kier molecular flexibility index (Phi) is 5.92.